The standard InChI is InChI=1S/C13H11NO3S/c1-8-9(13(16)17)4-2-5-10(8)14-12(15)11-6-3-7-18-11/h2-7H,1H3,(H,14,15)(H,16,17)/p-1. The van der Waals surface area contributed by atoms with Crippen LogP contribution < -0.4 is 10.4 Å². The molecular weight excluding hydrogens is 250 g/mol. The fraction of sp³-hybridized carbons (Fsp3) is 0.0769. The summed E-state index contributed by atoms with van der Waals surface area (Å²) in [6.07, 6.45) is 0. The minimum Gasteiger partial charge on any atom is -0.545 e. The fourth-order valence-electron chi connectivity index (χ4n) is 1.58. The van der Waals surface area contributed by atoms with Gasteiger partial charge in [0.05, 0.1) is 10.8 Å². The topological polar surface area (TPSA) is 69.2 Å². The third kappa shape index (κ3) is 2.41. The lowest BCUT2D eigenvalue weighted by Crippen LogP contribution is -2.24. The molecule has 0 unspecified atom stereocenters. The number of amides is 1. The van der Waals surface area contributed by atoms with E-state index in [1.807, 2.05) is 0 Å². The Balaban J connectivity index is 2.27. The number of thiophene rings is 1. The largest absolute Gasteiger partial charge is 0.545 e. The maximum absolute atomic E-state index is 11.8. The summed E-state index contributed by atoms with van der Waals surface area (Å²) in [6, 6.07) is 8.17. The molecule has 0 saturated carbocycles. The number of carboxylic acid groups (broad SMARTS) is 1. The van der Waals surface area contributed by atoms with Crippen LogP contribution >= 0.6 is 11.3 Å². The van der Waals surface area contributed by atoms with Crippen LogP contribution in [0.15, 0.2) is 35.7 Å². The molecule has 1 amide bonds. The summed E-state index contributed by atoms with van der Waals surface area (Å²) < 4.78 is 0. The number of hydrogen-bond acceptors (Lipinski definition) is 4. The first-order valence-corrected chi connectivity index (χ1v) is 6.13. The molecule has 1 aromatic heterocycles. The van der Waals surface area contributed by atoms with Crippen molar-refractivity contribution in [2.45, 2.75) is 6.92 Å². The van der Waals surface area contributed by atoms with Gasteiger partial charge in [-0.25, -0.2) is 0 Å². The summed E-state index contributed by atoms with van der Waals surface area (Å²) in [5.41, 5.74) is 1.05. The molecule has 0 spiro atoms. The highest BCUT2D eigenvalue weighted by atomic mass is 32.1. The zero-order chi connectivity index (χ0) is 13.1. The van der Waals surface area contributed by atoms with Gasteiger partial charge in [-0.1, -0.05) is 18.2 Å². The van der Waals surface area contributed by atoms with Crippen LogP contribution in [-0.4, -0.2) is 11.9 Å². The molecule has 4 nitrogen and oxygen atoms in total. The molecule has 1 N–H and O–H groups in total. The van der Waals surface area contributed by atoms with Crippen molar-refractivity contribution in [2.75, 3.05) is 5.32 Å². The van der Waals surface area contributed by atoms with Gasteiger partial charge in [0.15, 0.2) is 0 Å². The highest BCUT2D eigenvalue weighted by Crippen LogP contribution is 2.20. The van der Waals surface area contributed by atoms with Gasteiger partial charge in [-0.2, -0.15) is 0 Å². The smallest absolute Gasteiger partial charge is 0.265 e. The van der Waals surface area contributed by atoms with Gasteiger partial charge in [-0.05, 0) is 30.0 Å². The summed E-state index contributed by atoms with van der Waals surface area (Å²) >= 11 is 1.33. The lowest BCUT2D eigenvalue weighted by Gasteiger charge is -2.12. The second-order valence-electron chi connectivity index (χ2n) is 3.70. The van der Waals surface area contributed by atoms with E-state index >= 15 is 0 Å². The summed E-state index contributed by atoms with van der Waals surface area (Å²) in [6.45, 7) is 1.63. The van der Waals surface area contributed by atoms with Gasteiger partial charge in [0, 0.05) is 11.3 Å². The molecule has 0 saturated heterocycles. The molecular formula is C13H10NO3S-. The molecule has 0 radical (unpaired) electrons. The number of hydrogen-bond donors (Lipinski definition) is 1. The van der Waals surface area contributed by atoms with Crippen LogP contribution in [0, 0.1) is 6.92 Å². The molecule has 0 bridgehead atoms. The molecule has 2 rings (SSSR count). The Morgan fingerprint density at radius 3 is 2.61 bits per heavy atom. The Hall–Kier alpha value is -2.14. The number of carbonyl (C=O) groups excluding carboxylic acids is 2. The van der Waals surface area contributed by atoms with Crippen molar-refractivity contribution in [2.24, 2.45) is 0 Å². The molecule has 1 aromatic carbocycles. The first-order valence-electron chi connectivity index (χ1n) is 5.25. The Labute approximate surface area is 108 Å². The SMILES string of the molecule is Cc1c(NC(=O)c2cccs2)cccc1C(=O)[O-]. The van der Waals surface area contributed by atoms with Crippen molar-refractivity contribution in [3.63, 3.8) is 0 Å². The molecule has 92 valence electrons. The molecule has 2 aromatic rings. The normalized spacial score (nSPS) is 10.1. The van der Waals surface area contributed by atoms with E-state index in [2.05, 4.69) is 5.32 Å². The predicted molar refractivity (Wildman–Crippen MR) is 67.8 cm³/mol. The van der Waals surface area contributed by atoms with Crippen LogP contribution in [0.25, 0.3) is 0 Å². The first kappa shape index (κ1) is 12.3. The Morgan fingerprint density at radius 2 is 2.00 bits per heavy atom. The van der Waals surface area contributed by atoms with Gasteiger partial charge >= 0.3 is 0 Å². The molecule has 18 heavy (non-hydrogen) atoms. The van der Waals surface area contributed by atoms with E-state index < -0.39 is 5.97 Å². The number of nitrogens with one attached hydrogen (secondary N) is 1. The van der Waals surface area contributed by atoms with Crippen LogP contribution in [0.2, 0.25) is 0 Å². The van der Waals surface area contributed by atoms with Crippen LogP contribution in [0.3, 0.4) is 0 Å². The van der Waals surface area contributed by atoms with Crippen LogP contribution in [0.5, 0.6) is 0 Å². The Bertz CT molecular complexity index is 590. The van der Waals surface area contributed by atoms with Gasteiger partial charge in [0.2, 0.25) is 0 Å². The number of anilines is 1. The number of carboxylic acids is 1. The molecule has 0 aliphatic heterocycles. The van der Waals surface area contributed by atoms with Crippen LogP contribution in [-0.2, 0) is 0 Å². The third-order valence-corrected chi connectivity index (χ3v) is 3.42. The van der Waals surface area contributed by atoms with Crippen molar-refractivity contribution in [3.8, 4) is 0 Å². The summed E-state index contributed by atoms with van der Waals surface area (Å²) in [4.78, 5) is 23.3. The van der Waals surface area contributed by atoms with Gasteiger partial charge < -0.3 is 15.2 Å². The monoisotopic (exact) mass is 260 g/mol. The Morgan fingerprint density at radius 1 is 1.22 bits per heavy atom. The molecule has 1 heterocycles. The average molecular weight is 260 g/mol. The quantitative estimate of drug-likeness (QED) is 0.912. The molecule has 0 aliphatic carbocycles. The van der Waals surface area contributed by atoms with E-state index in [1.54, 1.807) is 36.6 Å². The first-order chi connectivity index (χ1) is 8.59. The minimum atomic E-state index is -1.25. The lowest BCUT2D eigenvalue weighted by atomic mass is 10.1. The van der Waals surface area contributed by atoms with E-state index in [-0.39, 0.29) is 11.5 Å². The van der Waals surface area contributed by atoms with E-state index in [0.29, 0.717) is 16.1 Å². The Kier molecular flexibility index (Phi) is 3.43. The summed E-state index contributed by atoms with van der Waals surface area (Å²) in [5.74, 6) is -1.50. The van der Waals surface area contributed by atoms with Crippen molar-refractivity contribution >= 4 is 28.9 Å². The zero-order valence-corrected chi connectivity index (χ0v) is 10.4. The average Bonchev–Trinajstić information content (AvgIpc) is 2.85. The van der Waals surface area contributed by atoms with Gasteiger partial charge in [-0.15, -0.1) is 11.3 Å². The van der Waals surface area contributed by atoms with Gasteiger partial charge in [0.1, 0.15) is 0 Å². The fourth-order valence-corrected chi connectivity index (χ4v) is 2.20. The van der Waals surface area contributed by atoms with Gasteiger partial charge in [0.25, 0.3) is 5.91 Å². The summed E-state index contributed by atoms with van der Waals surface area (Å²) in [7, 11) is 0. The maximum Gasteiger partial charge on any atom is 0.265 e. The van der Waals surface area contributed by atoms with Gasteiger partial charge in [-0.3, -0.25) is 4.79 Å². The minimum absolute atomic E-state index is 0.0824. The van der Waals surface area contributed by atoms with Crippen LogP contribution in [0.1, 0.15) is 25.6 Å². The highest BCUT2D eigenvalue weighted by molar-refractivity contribution is 7.12. The molecule has 5 heteroatoms. The predicted octanol–water partition coefficient (Wildman–Crippen LogP) is 1.67. The van der Waals surface area contributed by atoms with Crippen molar-refractivity contribution < 1.29 is 14.7 Å². The van der Waals surface area contributed by atoms with Crippen molar-refractivity contribution in [3.05, 3.63) is 51.7 Å². The third-order valence-electron chi connectivity index (χ3n) is 2.55. The second-order valence-corrected chi connectivity index (χ2v) is 4.64. The second kappa shape index (κ2) is 5.01. The van der Waals surface area contributed by atoms with E-state index in [4.69, 9.17) is 0 Å². The maximum atomic E-state index is 11.8. The summed E-state index contributed by atoms with van der Waals surface area (Å²) in [5, 5.41) is 15.4. The van der Waals surface area contributed by atoms with E-state index in [0.717, 1.165) is 0 Å². The number of carbonyl (C=O) groups is 2. The van der Waals surface area contributed by atoms with Crippen molar-refractivity contribution in [1.82, 2.24) is 0 Å². The number of aromatic carboxylic acids is 1. The van der Waals surface area contributed by atoms with E-state index in [9.17, 15) is 14.7 Å². The number of rotatable bonds is 3. The molecule has 0 aliphatic rings. The molecule has 0 fully saturated rings. The number of benzene rings is 1. The highest BCUT2D eigenvalue weighted by Gasteiger charge is 2.10. The lowest BCUT2D eigenvalue weighted by molar-refractivity contribution is -0.255. The van der Waals surface area contributed by atoms with E-state index in [1.165, 1.54) is 17.4 Å². The molecule has 0 atom stereocenters. The zero-order valence-electron chi connectivity index (χ0n) is 9.60. The van der Waals surface area contributed by atoms with Crippen molar-refractivity contribution in [1.29, 1.82) is 0 Å². The van der Waals surface area contributed by atoms with Crippen LogP contribution in [0.4, 0.5) is 5.69 Å².